The molecule has 0 saturated heterocycles. The maximum atomic E-state index is 3.50. The zero-order valence-electron chi connectivity index (χ0n) is 9.45. The third-order valence-electron chi connectivity index (χ3n) is 2.85. The van der Waals surface area contributed by atoms with Gasteiger partial charge in [0.15, 0.2) is 0 Å². The summed E-state index contributed by atoms with van der Waals surface area (Å²) >= 11 is 6.98. The van der Waals surface area contributed by atoms with Crippen LogP contribution in [-0.4, -0.2) is 0 Å². The van der Waals surface area contributed by atoms with Crippen molar-refractivity contribution in [1.82, 2.24) is 0 Å². The van der Waals surface area contributed by atoms with Crippen molar-refractivity contribution >= 4 is 42.6 Å². The van der Waals surface area contributed by atoms with Crippen LogP contribution in [0.15, 0.2) is 63.5 Å². The van der Waals surface area contributed by atoms with Gasteiger partial charge in [-0.3, -0.25) is 0 Å². The molecule has 0 fully saturated rings. The van der Waals surface area contributed by atoms with Crippen molar-refractivity contribution in [2.45, 2.75) is 0 Å². The second-order valence-electron chi connectivity index (χ2n) is 4.11. The van der Waals surface area contributed by atoms with Gasteiger partial charge in [0.1, 0.15) is 0 Å². The highest BCUT2D eigenvalue weighted by Gasteiger charge is 2.01. The van der Waals surface area contributed by atoms with Crippen molar-refractivity contribution < 1.29 is 0 Å². The maximum absolute atomic E-state index is 3.50. The largest absolute Gasteiger partial charge is 0.0605 e. The molecule has 0 unspecified atom stereocenters. The average molecular weight is 361 g/mol. The summed E-state index contributed by atoms with van der Waals surface area (Å²) in [6.45, 7) is 0. The lowest BCUT2D eigenvalue weighted by Gasteiger charge is -2.04. The van der Waals surface area contributed by atoms with Gasteiger partial charge in [-0.25, -0.2) is 0 Å². The van der Waals surface area contributed by atoms with Crippen LogP contribution in [0.4, 0.5) is 0 Å². The summed E-state index contributed by atoms with van der Waals surface area (Å²) in [5, 5.41) is 2.33. The lowest BCUT2D eigenvalue weighted by molar-refractivity contribution is 1.60. The Morgan fingerprint density at radius 3 is 2.44 bits per heavy atom. The van der Waals surface area contributed by atoms with E-state index in [-0.39, 0.29) is 0 Å². The van der Waals surface area contributed by atoms with Gasteiger partial charge in [-0.15, -0.1) is 0 Å². The molecule has 0 amide bonds. The van der Waals surface area contributed by atoms with Gasteiger partial charge in [0.2, 0.25) is 0 Å². The fourth-order valence-electron chi connectivity index (χ4n) is 1.97. The molecule has 0 nitrogen and oxygen atoms in total. The Morgan fingerprint density at radius 2 is 1.61 bits per heavy atom. The van der Waals surface area contributed by atoms with Gasteiger partial charge in [-0.1, -0.05) is 62.2 Å². The van der Waals surface area contributed by atoms with E-state index in [1.54, 1.807) is 0 Å². The third-order valence-corrected chi connectivity index (χ3v) is 3.83. The molecular weight excluding hydrogens is 352 g/mol. The number of hydrogen-bond acceptors (Lipinski definition) is 0. The second kappa shape index (κ2) is 4.87. The highest BCUT2D eigenvalue weighted by molar-refractivity contribution is 9.10. The van der Waals surface area contributed by atoms with E-state index in [1.165, 1.54) is 10.9 Å². The lowest BCUT2D eigenvalue weighted by atomic mass is 10.0. The summed E-state index contributed by atoms with van der Waals surface area (Å²) in [6.07, 6.45) is 0. The zero-order chi connectivity index (χ0) is 12.5. The zero-order valence-corrected chi connectivity index (χ0v) is 12.6. The smallest absolute Gasteiger partial charge is 0.0181 e. The summed E-state index contributed by atoms with van der Waals surface area (Å²) in [5.41, 5.74) is 2.29. The minimum absolute atomic E-state index is 1.09. The minimum atomic E-state index is 1.09. The van der Waals surface area contributed by atoms with E-state index in [4.69, 9.17) is 0 Å². The molecule has 0 spiro atoms. The Balaban J connectivity index is 2.16. The monoisotopic (exact) mass is 359 g/mol. The van der Waals surface area contributed by atoms with Crippen molar-refractivity contribution in [2.75, 3.05) is 0 Å². The van der Waals surface area contributed by atoms with E-state index in [9.17, 15) is 0 Å². The molecule has 87 valence electrons. The van der Waals surface area contributed by atoms with Crippen LogP contribution < -0.4 is 0 Å². The molecule has 0 saturated carbocycles. The molecule has 0 aromatic heterocycles. The Kier molecular flexibility index (Phi) is 3.23. The summed E-state index contributed by atoms with van der Waals surface area (Å²) < 4.78 is 2.18. The van der Waals surface area contributed by atoms with E-state index in [0.717, 1.165) is 19.9 Å². The molecular formula is C16H9Br2. The fraction of sp³-hybridized carbons (Fsp3) is 0. The van der Waals surface area contributed by atoms with Crippen LogP contribution in [0.3, 0.4) is 0 Å². The Bertz CT molecular complexity index is 717. The number of halogens is 2. The maximum Gasteiger partial charge on any atom is 0.0181 e. The number of benzene rings is 3. The lowest BCUT2D eigenvalue weighted by Crippen LogP contribution is -1.80. The van der Waals surface area contributed by atoms with Crippen molar-refractivity contribution in [3.63, 3.8) is 0 Å². The van der Waals surface area contributed by atoms with Crippen molar-refractivity contribution in [3.05, 3.63) is 69.6 Å². The topological polar surface area (TPSA) is 0 Å². The Hall–Kier alpha value is -1.12. The SMILES string of the molecule is Brc1cccc(-c2[c]c3ccc(Br)cc3cc2)c1. The van der Waals surface area contributed by atoms with Crippen molar-refractivity contribution in [3.8, 4) is 11.1 Å². The van der Waals surface area contributed by atoms with Gasteiger partial charge in [-0.05, 0) is 52.2 Å². The van der Waals surface area contributed by atoms with Crippen LogP contribution >= 0.6 is 31.9 Å². The number of fused-ring (bicyclic) bond motifs is 1. The summed E-state index contributed by atoms with van der Waals surface area (Å²) in [5.74, 6) is 0. The van der Waals surface area contributed by atoms with E-state index in [0.29, 0.717) is 0 Å². The molecule has 0 aliphatic heterocycles. The van der Waals surface area contributed by atoms with E-state index < -0.39 is 0 Å². The Morgan fingerprint density at radius 1 is 0.778 bits per heavy atom. The summed E-state index contributed by atoms with van der Waals surface area (Å²) in [7, 11) is 0. The first-order valence-electron chi connectivity index (χ1n) is 5.60. The molecule has 0 atom stereocenters. The molecule has 0 heterocycles. The van der Waals surface area contributed by atoms with Gasteiger partial charge < -0.3 is 0 Å². The van der Waals surface area contributed by atoms with Gasteiger partial charge >= 0.3 is 0 Å². The molecule has 0 N–H and O–H groups in total. The quantitative estimate of drug-likeness (QED) is 0.512. The van der Waals surface area contributed by atoms with Crippen LogP contribution in [0.5, 0.6) is 0 Å². The van der Waals surface area contributed by atoms with Crippen molar-refractivity contribution in [2.24, 2.45) is 0 Å². The van der Waals surface area contributed by atoms with E-state index in [2.05, 4.69) is 74.3 Å². The molecule has 0 bridgehead atoms. The van der Waals surface area contributed by atoms with Crippen LogP contribution in [0.2, 0.25) is 0 Å². The van der Waals surface area contributed by atoms with Crippen LogP contribution in [-0.2, 0) is 0 Å². The molecule has 18 heavy (non-hydrogen) atoms. The average Bonchev–Trinajstić information content (AvgIpc) is 2.38. The van der Waals surface area contributed by atoms with E-state index in [1.807, 2.05) is 18.2 Å². The molecule has 3 aromatic rings. The predicted octanol–water partition coefficient (Wildman–Crippen LogP) is 5.83. The predicted molar refractivity (Wildman–Crippen MR) is 83.6 cm³/mol. The van der Waals surface area contributed by atoms with Crippen molar-refractivity contribution in [1.29, 1.82) is 0 Å². The fourth-order valence-corrected chi connectivity index (χ4v) is 2.75. The number of hydrogen-bond donors (Lipinski definition) is 0. The molecule has 3 rings (SSSR count). The van der Waals surface area contributed by atoms with Crippen LogP contribution in [0.1, 0.15) is 0 Å². The van der Waals surface area contributed by atoms with E-state index >= 15 is 0 Å². The van der Waals surface area contributed by atoms with Gasteiger partial charge in [0.05, 0.1) is 0 Å². The minimum Gasteiger partial charge on any atom is -0.0605 e. The van der Waals surface area contributed by atoms with Crippen LogP contribution in [0, 0.1) is 6.07 Å². The standard InChI is InChI=1S/C16H9Br2/c17-15-3-1-2-11(9-15)12-4-5-14-10-16(18)7-6-13(14)8-12/h1-7,9-10H. The first-order valence-corrected chi connectivity index (χ1v) is 7.18. The second-order valence-corrected chi connectivity index (χ2v) is 5.95. The third kappa shape index (κ3) is 2.36. The molecule has 1 radical (unpaired) electrons. The molecule has 0 aliphatic rings. The van der Waals surface area contributed by atoms with Gasteiger partial charge in [-0.2, -0.15) is 0 Å². The summed E-state index contributed by atoms with van der Waals surface area (Å²) in [4.78, 5) is 0. The molecule has 0 aliphatic carbocycles. The Labute approximate surface area is 123 Å². The molecule has 2 heteroatoms. The first kappa shape index (κ1) is 11.9. The summed E-state index contributed by atoms with van der Waals surface area (Å²) in [6, 6.07) is 22.2. The van der Waals surface area contributed by atoms with Gasteiger partial charge in [0.25, 0.3) is 0 Å². The first-order chi connectivity index (χ1) is 8.72. The van der Waals surface area contributed by atoms with Crippen LogP contribution in [0.25, 0.3) is 21.9 Å². The van der Waals surface area contributed by atoms with Gasteiger partial charge in [0, 0.05) is 8.95 Å². The normalized spacial score (nSPS) is 10.8. The highest BCUT2D eigenvalue weighted by atomic mass is 79.9. The number of rotatable bonds is 1. The molecule has 3 aromatic carbocycles. The highest BCUT2D eigenvalue weighted by Crippen LogP contribution is 2.27.